The summed E-state index contributed by atoms with van der Waals surface area (Å²) >= 11 is 0. The second kappa shape index (κ2) is 8.65. The van der Waals surface area contributed by atoms with E-state index in [1.807, 2.05) is 13.0 Å². The Morgan fingerprint density at radius 2 is 1.50 bits per heavy atom. The van der Waals surface area contributed by atoms with E-state index in [4.69, 9.17) is 0 Å². The number of aryl methyl sites for hydroxylation is 1. The SMILES string of the molecule is Cc1cc(O)c([Si](C)C)c(C(C)(C)C)c1.Cl.Cl.[Ti]. The summed E-state index contributed by atoms with van der Waals surface area (Å²) in [6.07, 6.45) is 0. The van der Waals surface area contributed by atoms with Crippen molar-refractivity contribution in [2.45, 2.75) is 46.2 Å². The van der Waals surface area contributed by atoms with Crippen molar-refractivity contribution in [3.63, 3.8) is 0 Å². The first-order valence-corrected chi connectivity index (χ1v) is 7.88. The number of hydrogen-bond acceptors (Lipinski definition) is 1. The van der Waals surface area contributed by atoms with Gasteiger partial charge in [-0.1, -0.05) is 39.9 Å². The number of phenols is 1. The molecule has 1 nitrogen and oxygen atoms in total. The number of hydrogen-bond donors (Lipinski definition) is 1. The van der Waals surface area contributed by atoms with E-state index in [0.717, 1.165) is 5.56 Å². The largest absolute Gasteiger partial charge is 0.508 e. The van der Waals surface area contributed by atoms with Crippen molar-refractivity contribution in [2.24, 2.45) is 0 Å². The molecule has 0 atom stereocenters. The number of aromatic hydroxyl groups is 1. The minimum absolute atomic E-state index is 0. The Labute approximate surface area is 140 Å². The summed E-state index contributed by atoms with van der Waals surface area (Å²) in [5.41, 5.74) is 2.56. The molecule has 103 valence electrons. The van der Waals surface area contributed by atoms with Crippen molar-refractivity contribution in [2.75, 3.05) is 0 Å². The van der Waals surface area contributed by atoms with Crippen LogP contribution in [0.1, 0.15) is 31.9 Å². The summed E-state index contributed by atoms with van der Waals surface area (Å²) in [7, 11) is -0.621. The van der Waals surface area contributed by atoms with Crippen LogP contribution in [0.3, 0.4) is 0 Å². The van der Waals surface area contributed by atoms with E-state index in [9.17, 15) is 5.11 Å². The fourth-order valence-electron chi connectivity index (χ4n) is 1.88. The maximum absolute atomic E-state index is 10.0. The number of rotatable bonds is 1. The van der Waals surface area contributed by atoms with E-state index < -0.39 is 8.80 Å². The van der Waals surface area contributed by atoms with Gasteiger partial charge in [0, 0.05) is 21.7 Å². The molecule has 1 N–H and O–H groups in total. The van der Waals surface area contributed by atoms with Crippen molar-refractivity contribution < 1.29 is 26.8 Å². The monoisotopic (exact) mass is 341 g/mol. The molecule has 0 aromatic heterocycles. The van der Waals surface area contributed by atoms with Gasteiger partial charge in [0.15, 0.2) is 0 Å². The minimum Gasteiger partial charge on any atom is -0.508 e. The Balaban J connectivity index is -0.000000750. The third-order valence-corrected chi connectivity index (χ3v) is 4.10. The molecule has 1 rings (SSSR count). The average molecular weight is 342 g/mol. The van der Waals surface area contributed by atoms with Gasteiger partial charge in [0.1, 0.15) is 5.75 Å². The molecule has 0 unspecified atom stereocenters. The maximum Gasteiger partial charge on any atom is 0.115 e. The van der Waals surface area contributed by atoms with Crippen molar-refractivity contribution in [3.05, 3.63) is 23.3 Å². The first kappa shape index (κ1) is 23.6. The molecule has 5 heteroatoms. The molecule has 0 amide bonds. The summed E-state index contributed by atoms with van der Waals surface area (Å²) in [5.74, 6) is 0.485. The molecule has 0 fully saturated rings. The number of phenolic OH excluding ortho intramolecular Hbond substituents is 1. The smallest absolute Gasteiger partial charge is 0.115 e. The molecular weight excluding hydrogens is 319 g/mol. The molecule has 0 aliphatic carbocycles. The zero-order valence-corrected chi connectivity index (χ0v) is 16.1. The molecular formula is C13H23Cl2OSiTi. The Morgan fingerprint density at radius 3 is 1.83 bits per heavy atom. The standard InChI is InChI=1S/C13H21OSi.2ClH.Ti/c1-9-7-10(13(2,3)4)12(15(5)6)11(14)8-9;;;/h7-8,14H,1-6H3;2*1H;. The van der Waals surface area contributed by atoms with Crippen LogP contribution in [0.4, 0.5) is 0 Å². The molecule has 0 spiro atoms. The van der Waals surface area contributed by atoms with E-state index in [2.05, 4.69) is 39.9 Å². The predicted octanol–water partition coefficient (Wildman–Crippen LogP) is 3.80. The molecule has 18 heavy (non-hydrogen) atoms. The molecule has 0 bridgehead atoms. The Morgan fingerprint density at radius 1 is 1.06 bits per heavy atom. The topological polar surface area (TPSA) is 20.2 Å². The molecule has 0 aliphatic heterocycles. The van der Waals surface area contributed by atoms with Gasteiger partial charge in [-0.2, -0.15) is 0 Å². The van der Waals surface area contributed by atoms with Crippen LogP contribution in [0.5, 0.6) is 5.75 Å². The van der Waals surface area contributed by atoms with E-state index in [1.165, 1.54) is 10.8 Å². The Hall–Kier alpha value is 0.531. The van der Waals surface area contributed by atoms with Gasteiger partial charge in [-0.25, -0.2) is 0 Å². The van der Waals surface area contributed by atoms with Crippen LogP contribution < -0.4 is 5.19 Å². The zero-order chi connectivity index (χ0) is 11.8. The minimum atomic E-state index is -0.621. The van der Waals surface area contributed by atoms with Gasteiger partial charge in [0.2, 0.25) is 0 Å². The fraction of sp³-hybridized carbons (Fsp3) is 0.538. The van der Waals surface area contributed by atoms with Crippen LogP contribution in [-0.4, -0.2) is 13.9 Å². The summed E-state index contributed by atoms with van der Waals surface area (Å²) in [6, 6.07) is 4.09. The Bertz CT molecular complexity index is 376. The van der Waals surface area contributed by atoms with Gasteiger partial charge in [0.25, 0.3) is 0 Å². The van der Waals surface area contributed by atoms with Gasteiger partial charge in [-0.15, -0.1) is 24.8 Å². The molecule has 0 heterocycles. The Kier molecular flexibility index (Phi) is 11.3. The number of benzene rings is 1. The normalized spacial score (nSPS) is 10.2. The summed E-state index contributed by atoms with van der Waals surface area (Å²) in [4.78, 5) is 0. The van der Waals surface area contributed by atoms with Crippen LogP contribution in [-0.2, 0) is 27.1 Å². The van der Waals surface area contributed by atoms with E-state index >= 15 is 0 Å². The van der Waals surface area contributed by atoms with Gasteiger partial charge in [-0.05, 0) is 34.7 Å². The van der Waals surface area contributed by atoms with Crippen molar-refractivity contribution in [1.29, 1.82) is 0 Å². The van der Waals surface area contributed by atoms with E-state index in [1.54, 1.807) is 0 Å². The van der Waals surface area contributed by atoms with Crippen LogP contribution in [0.2, 0.25) is 13.1 Å². The van der Waals surface area contributed by atoms with Crippen LogP contribution in [0.25, 0.3) is 0 Å². The van der Waals surface area contributed by atoms with Crippen molar-refractivity contribution in [1.82, 2.24) is 0 Å². The van der Waals surface area contributed by atoms with Crippen molar-refractivity contribution >= 4 is 38.8 Å². The predicted molar refractivity (Wildman–Crippen MR) is 83.2 cm³/mol. The van der Waals surface area contributed by atoms with E-state index in [-0.39, 0.29) is 51.9 Å². The van der Waals surface area contributed by atoms with Gasteiger partial charge in [-0.3, -0.25) is 0 Å². The molecule has 0 aliphatic rings. The van der Waals surface area contributed by atoms with Crippen molar-refractivity contribution in [3.8, 4) is 5.75 Å². The first-order chi connectivity index (χ1) is 6.73. The molecule has 0 saturated carbocycles. The third kappa shape index (κ3) is 5.66. The first-order valence-electron chi connectivity index (χ1n) is 5.38. The van der Waals surface area contributed by atoms with Crippen LogP contribution in [0, 0.1) is 6.92 Å². The fourth-order valence-corrected chi connectivity index (χ4v) is 3.45. The van der Waals surface area contributed by atoms with Crippen LogP contribution >= 0.6 is 24.8 Å². The third-order valence-electron chi connectivity index (χ3n) is 2.57. The quantitative estimate of drug-likeness (QED) is 0.770. The second-order valence-electron chi connectivity index (χ2n) is 5.46. The van der Waals surface area contributed by atoms with Gasteiger partial charge in [0.05, 0.1) is 8.80 Å². The summed E-state index contributed by atoms with van der Waals surface area (Å²) < 4.78 is 0. The molecule has 1 aromatic carbocycles. The van der Waals surface area contributed by atoms with Gasteiger partial charge < -0.3 is 5.11 Å². The maximum atomic E-state index is 10.0. The summed E-state index contributed by atoms with van der Waals surface area (Å²) in [6.45, 7) is 13.1. The van der Waals surface area contributed by atoms with Gasteiger partial charge >= 0.3 is 0 Å². The van der Waals surface area contributed by atoms with Crippen LogP contribution in [0.15, 0.2) is 12.1 Å². The second-order valence-corrected chi connectivity index (χ2v) is 7.96. The summed E-state index contributed by atoms with van der Waals surface area (Å²) in [5, 5.41) is 11.2. The number of halogens is 2. The zero-order valence-electron chi connectivity index (χ0n) is 11.9. The average Bonchev–Trinajstić information content (AvgIpc) is 1.99. The molecule has 1 radical (unpaired) electrons. The molecule has 1 aromatic rings. The molecule has 0 saturated heterocycles. The van der Waals surface area contributed by atoms with E-state index in [0.29, 0.717) is 5.75 Å².